The monoisotopic (exact) mass is 402 g/mol. The molecule has 4 nitrogen and oxygen atoms in total. The van der Waals surface area contributed by atoms with Crippen molar-refractivity contribution in [3.8, 4) is 0 Å². The van der Waals surface area contributed by atoms with Gasteiger partial charge in [-0.25, -0.2) is 8.72 Å². The average molecular weight is 404 g/mol. The highest BCUT2D eigenvalue weighted by Crippen LogP contribution is 2.24. The summed E-state index contributed by atoms with van der Waals surface area (Å²) in [7, 11) is 0. The summed E-state index contributed by atoms with van der Waals surface area (Å²) < 4.78 is 7.15. The third-order valence-electron chi connectivity index (χ3n) is 2.78. The first-order valence-electron chi connectivity index (χ1n) is 6.81. The van der Waals surface area contributed by atoms with Gasteiger partial charge in [0.05, 0.1) is 32.8 Å². The molecule has 0 radical (unpaired) electrons. The fourth-order valence-corrected chi connectivity index (χ4v) is 3.06. The van der Waals surface area contributed by atoms with Crippen molar-refractivity contribution in [2.45, 2.75) is 19.9 Å². The predicted octanol–water partition coefficient (Wildman–Crippen LogP) is 5.68. The normalized spacial score (nSPS) is 10.3. The van der Waals surface area contributed by atoms with Crippen molar-refractivity contribution in [2.24, 2.45) is 0 Å². The third-order valence-corrected chi connectivity index (χ3v) is 4.71. The molecule has 0 aliphatic heterocycles. The molecule has 0 aliphatic rings. The van der Waals surface area contributed by atoms with Crippen LogP contribution >= 0.6 is 39.1 Å². The second kappa shape index (κ2) is 8.41. The van der Waals surface area contributed by atoms with Crippen LogP contribution in [0, 0.1) is 0 Å². The van der Waals surface area contributed by atoms with E-state index in [-0.39, 0.29) is 0 Å². The number of carbonyl (C=O) groups is 1. The summed E-state index contributed by atoms with van der Waals surface area (Å²) in [6.07, 6.45) is 0.373. The first-order chi connectivity index (χ1) is 10.6. The summed E-state index contributed by atoms with van der Waals surface area (Å²) in [6.45, 7) is 3.07. The summed E-state index contributed by atoms with van der Waals surface area (Å²) in [5.41, 5.74) is 1.68. The van der Waals surface area contributed by atoms with E-state index in [1.807, 2.05) is 43.3 Å². The molecule has 0 aliphatic carbocycles. The van der Waals surface area contributed by atoms with Gasteiger partial charge in [-0.1, -0.05) is 18.5 Å². The van der Waals surface area contributed by atoms with E-state index in [9.17, 15) is 4.79 Å². The molecule has 2 aromatic rings. The van der Waals surface area contributed by atoms with E-state index in [1.54, 1.807) is 11.3 Å². The van der Waals surface area contributed by atoms with Crippen LogP contribution in [0.5, 0.6) is 0 Å². The van der Waals surface area contributed by atoms with Gasteiger partial charge in [0, 0.05) is 17.1 Å². The van der Waals surface area contributed by atoms with E-state index >= 15 is 0 Å². The molecule has 1 amide bonds. The van der Waals surface area contributed by atoms with E-state index in [2.05, 4.69) is 21.5 Å². The van der Waals surface area contributed by atoms with Crippen LogP contribution in [0.25, 0.3) is 0 Å². The van der Waals surface area contributed by atoms with Gasteiger partial charge in [0.2, 0.25) is 0 Å². The van der Waals surface area contributed by atoms with Crippen molar-refractivity contribution in [1.29, 1.82) is 0 Å². The van der Waals surface area contributed by atoms with Gasteiger partial charge in [-0.15, -0.1) is 11.3 Å². The summed E-state index contributed by atoms with van der Waals surface area (Å²) in [6, 6.07) is 11.4. The van der Waals surface area contributed by atoms with Gasteiger partial charge in [-0.2, -0.15) is 0 Å². The molecule has 1 heterocycles. The second-order valence-corrected chi connectivity index (χ2v) is 7.01. The highest BCUT2D eigenvalue weighted by atomic mass is 79.9. The van der Waals surface area contributed by atoms with E-state index in [1.165, 1.54) is 8.80 Å². The van der Waals surface area contributed by atoms with Crippen molar-refractivity contribution in [2.75, 3.05) is 15.8 Å². The number of nitrogens with zero attached hydrogens (tertiary/aromatic N) is 1. The largest absolute Gasteiger partial charge is 0.449 e. The topological polar surface area (TPSA) is 41.6 Å². The van der Waals surface area contributed by atoms with Crippen LogP contribution in [0.4, 0.5) is 16.2 Å². The fraction of sp³-hybridized carbons (Fsp3) is 0.267. The Kier molecular flexibility index (Phi) is 6.54. The third kappa shape index (κ3) is 4.90. The molecule has 0 unspecified atom stereocenters. The van der Waals surface area contributed by atoms with E-state index < -0.39 is 6.09 Å². The summed E-state index contributed by atoms with van der Waals surface area (Å²) in [5, 5.41) is 3.31. The first kappa shape index (κ1) is 17.1. The minimum absolute atomic E-state index is 0.407. The van der Waals surface area contributed by atoms with Crippen LogP contribution in [-0.2, 0) is 11.3 Å². The van der Waals surface area contributed by atoms with Gasteiger partial charge in [-0.05, 0) is 42.8 Å². The summed E-state index contributed by atoms with van der Waals surface area (Å²) in [4.78, 5) is 12.9. The Bertz CT molecular complexity index is 618. The number of amides is 1. The van der Waals surface area contributed by atoms with E-state index in [4.69, 9.17) is 16.3 Å². The van der Waals surface area contributed by atoms with Crippen LogP contribution in [0.15, 0.2) is 36.4 Å². The van der Waals surface area contributed by atoms with Crippen molar-refractivity contribution < 1.29 is 9.53 Å². The fourth-order valence-electron chi connectivity index (χ4n) is 1.70. The number of carbonyl (C=O) groups excluding carboxylic acids is 1. The van der Waals surface area contributed by atoms with Crippen molar-refractivity contribution in [1.82, 2.24) is 0 Å². The number of hydrogen-bond acceptors (Lipinski definition) is 4. The predicted molar refractivity (Wildman–Crippen MR) is 96.1 cm³/mol. The zero-order valence-corrected chi connectivity index (χ0v) is 15.2. The lowest BCUT2D eigenvalue weighted by molar-refractivity contribution is 0.159. The van der Waals surface area contributed by atoms with E-state index in [0.717, 1.165) is 16.4 Å². The zero-order valence-electron chi connectivity index (χ0n) is 12.0. The maximum atomic E-state index is 11.7. The summed E-state index contributed by atoms with van der Waals surface area (Å²) >= 11 is 10.7. The van der Waals surface area contributed by atoms with Gasteiger partial charge >= 0.3 is 6.09 Å². The minimum Gasteiger partial charge on any atom is -0.449 e. The lowest BCUT2D eigenvalue weighted by atomic mass is 10.3. The molecule has 0 atom stereocenters. The van der Waals surface area contributed by atoms with Crippen LogP contribution in [0.2, 0.25) is 4.34 Å². The standard InChI is InChI=1S/C15H16BrClN2O2S/c1-2-9-21-15(20)19(16)12-5-3-11(4-6-12)18-10-13-7-8-14(17)22-13/h3-8,18H,2,9-10H2,1H3. The smallest absolute Gasteiger partial charge is 0.424 e. The number of ether oxygens (including phenoxy) is 1. The van der Waals surface area contributed by atoms with Crippen LogP contribution in [-0.4, -0.2) is 12.7 Å². The molecule has 2 rings (SSSR count). The highest BCUT2D eigenvalue weighted by Gasteiger charge is 2.13. The molecule has 1 N–H and O–H groups in total. The molecule has 1 aromatic carbocycles. The lowest BCUT2D eigenvalue weighted by Crippen LogP contribution is -2.21. The second-order valence-electron chi connectivity index (χ2n) is 4.50. The Labute approximate surface area is 147 Å². The average Bonchev–Trinajstić information content (AvgIpc) is 2.96. The molecule has 0 spiro atoms. The molecular formula is C15H16BrClN2O2S. The number of hydrogen-bond donors (Lipinski definition) is 1. The zero-order chi connectivity index (χ0) is 15.9. The molecule has 118 valence electrons. The number of anilines is 2. The molecule has 0 saturated carbocycles. The Balaban J connectivity index is 1.90. The van der Waals surface area contributed by atoms with Gasteiger partial charge in [0.25, 0.3) is 0 Å². The van der Waals surface area contributed by atoms with Gasteiger partial charge in [-0.3, -0.25) is 0 Å². The van der Waals surface area contributed by atoms with Crippen molar-refractivity contribution in [3.05, 3.63) is 45.6 Å². The Morgan fingerprint density at radius 1 is 1.32 bits per heavy atom. The number of nitrogens with one attached hydrogen (secondary N) is 1. The molecule has 22 heavy (non-hydrogen) atoms. The summed E-state index contributed by atoms with van der Waals surface area (Å²) in [5.74, 6) is 0. The molecular weight excluding hydrogens is 388 g/mol. The first-order valence-corrected chi connectivity index (χ1v) is 8.71. The molecule has 0 fully saturated rings. The SMILES string of the molecule is CCCOC(=O)N(Br)c1ccc(NCc2ccc(Cl)s2)cc1. The van der Waals surface area contributed by atoms with E-state index in [0.29, 0.717) is 18.8 Å². The number of benzene rings is 1. The van der Waals surface area contributed by atoms with Crippen LogP contribution in [0.1, 0.15) is 18.2 Å². The molecule has 7 heteroatoms. The van der Waals surface area contributed by atoms with Crippen molar-refractivity contribution >= 4 is 56.6 Å². The van der Waals surface area contributed by atoms with Crippen LogP contribution < -0.4 is 9.24 Å². The lowest BCUT2D eigenvalue weighted by Gasteiger charge is -2.15. The highest BCUT2D eigenvalue weighted by molar-refractivity contribution is 9.10. The number of rotatable bonds is 6. The number of halogens is 2. The molecule has 0 saturated heterocycles. The Morgan fingerprint density at radius 3 is 2.64 bits per heavy atom. The molecule has 1 aromatic heterocycles. The Hall–Kier alpha value is -1.24. The maximum absolute atomic E-state index is 11.7. The van der Waals surface area contributed by atoms with Gasteiger partial charge in [0.15, 0.2) is 0 Å². The number of thiophene rings is 1. The van der Waals surface area contributed by atoms with Gasteiger partial charge < -0.3 is 10.1 Å². The Morgan fingerprint density at radius 2 is 2.05 bits per heavy atom. The minimum atomic E-state index is -0.421. The van der Waals surface area contributed by atoms with Crippen molar-refractivity contribution in [3.63, 3.8) is 0 Å². The van der Waals surface area contributed by atoms with Crippen LogP contribution in [0.3, 0.4) is 0 Å². The van der Waals surface area contributed by atoms with Gasteiger partial charge in [0.1, 0.15) is 0 Å². The maximum Gasteiger partial charge on any atom is 0.424 e. The molecule has 0 bridgehead atoms. The quantitative estimate of drug-likeness (QED) is 0.631.